The summed E-state index contributed by atoms with van der Waals surface area (Å²) in [5.74, 6) is 0.198. The van der Waals surface area contributed by atoms with Gasteiger partial charge in [-0.05, 0) is 36.4 Å². The zero-order valence-electron chi connectivity index (χ0n) is 14.9. The van der Waals surface area contributed by atoms with Gasteiger partial charge in [0, 0.05) is 29.8 Å². The number of fused-ring (bicyclic) bond motifs is 1. The first-order chi connectivity index (χ1) is 13.4. The number of aromatic amines is 1. The number of hydrogen-bond acceptors (Lipinski definition) is 7. The minimum Gasteiger partial charge on any atom is -0.508 e. The Morgan fingerprint density at radius 2 is 1.96 bits per heavy atom. The fourth-order valence-corrected chi connectivity index (χ4v) is 2.56. The van der Waals surface area contributed by atoms with Gasteiger partial charge in [-0.25, -0.2) is 4.98 Å². The second-order valence-electron chi connectivity index (χ2n) is 5.83. The molecule has 0 radical (unpaired) electrons. The van der Waals surface area contributed by atoms with E-state index in [1.54, 1.807) is 30.5 Å². The van der Waals surface area contributed by atoms with Crippen molar-refractivity contribution in [2.75, 3.05) is 11.1 Å². The highest BCUT2D eigenvalue weighted by molar-refractivity contribution is 5.95. The monoisotopic (exact) mass is 378 g/mol. The van der Waals surface area contributed by atoms with Crippen LogP contribution in [-0.2, 0) is 4.79 Å². The standard InChI is InChI=1S/C17H14N6O.C2H4O2/c18-17-19-7-6-15(21-17)20-11-4-5-14-13(9-11)16(23-22-14)10-2-1-3-12(24)8-10;1-2(3)4/h1-9,24H,(H,22,23)(H3,18,19,20,21);1H3,(H,3,4). The van der Waals surface area contributed by atoms with Gasteiger partial charge in [-0.1, -0.05) is 12.1 Å². The van der Waals surface area contributed by atoms with Crippen molar-refractivity contribution in [3.8, 4) is 17.0 Å². The maximum atomic E-state index is 9.68. The van der Waals surface area contributed by atoms with Gasteiger partial charge in [0.1, 0.15) is 17.3 Å². The van der Waals surface area contributed by atoms with E-state index in [-0.39, 0.29) is 11.7 Å². The van der Waals surface area contributed by atoms with Crippen LogP contribution in [0.2, 0.25) is 0 Å². The molecule has 0 fully saturated rings. The van der Waals surface area contributed by atoms with Crippen molar-refractivity contribution in [3.63, 3.8) is 0 Å². The summed E-state index contributed by atoms with van der Waals surface area (Å²) in [6.07, 6.45) is 1.60. The van der Waals surface area contributed by atoms with E-state index < -0.39 is 5.97 Å². The quantitative estimate of drug-likeness (QED) is 0.365. The summed E-state index contributed by atoms with van der Waals surface area (Å²) in [5.41, 5.74) is 8.96. The molecule has 0 aliphatic heterocycles. The molecule has 4 rings (SSSR count). The van der Waals surface area contributed by atoms with Crippen molar-refractivity contribution in [2.45, 2.75) is 6.92 Å². The number of nitrogens with one attached hydrogen (secondary N) is 2. The smallest absolute Gasteiger partial charge is 0.300 e. The Morgan fingerprint density at radius 1 is 1.18 bits per heavy atom. The second kappa shape index (κ2) is 8.04. The van der Waals surface area contributed by atoms with Gasteiger partial charge in [-0.3, -0.25) is 9.89 Å². The van der Waals surface area contributed by atoms with E-state index in [2.05, 4.69) is 25.5 Å². The van der Waals surface area contributed by atoms with Crippen LogP contribution in [0.15, 0.2) is 54.7 Å². The Bertz CT molecular complexity index is 1120. The van der Waals surface area contributed by atoms with Crippen LogP contribution in [0.4, 0.5) is 17.5 Å². The number of nitrogens with zero attached hydrogens (tertiary/aromatic N) is 3. The summed E-state index contributed by atoms with van der Waals surface area (Å²) in [7, 11) is 0. The zero-order valence-corrected chi connectivity index (χ0v) is 14.9. The second-order valence-corrected chi connectivity index (χ2v) is 5.83. The molecule has 9 heteroatoms. The first-order valence-electron chi connectivity index (χ1n) is 8.25. The fourth-order valence-electron chi connectivity index (χ4n) is 2.56. The molecular formula is C19H18N6O3. The molecule has 2 heterocycles. The van der Waals surface area contributed by atoms with Crippen LogP contribution in [0.1, 0.15) is 6.92 Å². The van der Waals surface area contributed by atoms with Crippen LogP contribution in [-0.4, -0.2) is 36.3 Å². The lowest BCUT2D eigenvalue weighted by Crippen LogP contribution is -1.98. The number of H-pyrrole nitrogens is 1. The summed E-state index contributed by atoms with van der Waals surface area (Å²) in [6.45, 7) is 1.08. The Kier molecular flexibility index (Phi) is 5.35. The molecule has 0 atom stereocenters. The number of carbonyl (C=O) groups is 1. The third-order valence-electron chi connectivity index (χ3n) is 3.63. The average molecular weight is 378 g/mol. The molecule has 0 saturated heterocycles. The highest BCUT2D eigenvalue weighted by Crippen LogP contribution is 2.30. The molecule has 2 aromatic carbocycles. The Labute approximate surface area is 159 Å². The molecule has 0 aliphatic rings. The van der Waals surface area contributed by atoms with Gasteiger partial charge in [-0.15, -0.1) is 0 Å². The van der Waals surface area contributed by atoms with Crippen LogP contribution < -0.4 is 11.1 Å². The summed E-state index contributed by atoms with van der Waals surface area (Å²) in [6, 6.07) is 14.6. The van der Waals surface area contributed by atoms with Gasteiger partial charge >= 0.3 is 0 Å². The number of carboxylic acid groups (broad SMARTS) is 1. The first-order valence-corrected chi connectivity index (χ1v) is 8.25. The number of aromatic nitrogens is 4. The van der Waals surface area contributed by atoms with Crippen molar-refractivity contribution >= 4 is 34.3 Å². The van der Waals surface area contributed by atoms with E-state index in [1.165, 1.54) is 0 Å². The number of hydrogen-bond donors (Lipinski definition) is 5. The van der Waals surface area contributed by atoms with Gasteiger partial charge in [0.2, 0.25) is 5.95 Å². The van der Waals surface area contributed by atoms with E-state index in [1.807, 2.05) is 24.3 Å². The Balaban J connectivity index is 0.000000516. The van der Waals surface area contributed by atoms with Crippen molar-refractivity contribution < 1.29 is 15.0 Å². The molecule has 0 bridgehead atoms. The maximum absolute atomic E-state index is 9.68. The van der Waals surface area contributed by atoms with Crippen LogP contribution in [0.5, 0.6) is 5.75 Å². The van der Waals surface area contributed by atoms with Crippen molar-refractivity contribution in [1.29, 1.82) is 0 Å². The van der Waals surface area contributed by atoms with Gasteiger partial charge < -0.3 is 21.3 Å². The average Bonchev–Trinajstić information content (AvgIpc) is 3.04. The van der Waals surface area contributed by atoms with Crippen LogP contribution in [0, 0.1) is 0 Å². The molecule has 28 heavy (non-hydrogen) atoms. The predicted octanol–water partition coefficient (Wildman–Crippen LogP) is 3.14. The van der Waals surface area contributed by atoms with Crippen molar-refractivity contribution in [3.05, 3.63) is 54.7 Å². The molecule has 0 aliphatic carbocycles. The number of rotatable bonds is 3. The largest absolute Gasteiger partial charge is 0.508 e. The number of anilines is 3. The number of aromatic hydroxyl groups is 1. The molecule has 4 aromatic rings. The minimum absolute atomic E-state index is 0.203. The first kappa shape index (κ1) is 18.6. The summed E-state index contributed by atoms with van der Waals surface area (Å²) in [4.78, 5) is 17.0. The van der Waals surface area contributed by atoms with Crippen LogP contribution >= 0.6 is 0 Å². The van der Waals surface area contributed by atoms with Crippen molar-refractivity contribution in [1.82, 2.24) is 20.2 Å². The molecule has 142 valence electrons. The molecule has 6 N–H and O–H groups in total. The van der Waals surface area contributed by atoms with Gasteiger partial charge in [0.05, 0.1) is 5.52 Å². The lowest BCUT2D eigenvalue weighted by atomic mass is 10.1. The lowest BCUT2D eigenvalue weighted by molar-refractivity contribution is -0.134. The molecule has 9 nitrogen and oxygen atoms in total. The normalized spacial score (nSPS) is 10.2. The number of nitrogens with two attached hydrogens (primary N) is 1. The third kappa shape index (κ3) is 4.52. The van der Waals surface area contributed by atoms with Gasteiger partial charge in [0.15, 0.2) is 0 Å². The predicted molar refractivity (Wildman–Crippen MR) is 106 cm³/mol. The Hall–Kier alpha value is -4.14. The molecule has 0 amide bonds. The highest BCUT2D eigenvalue weighted by Gasteiger charge is 2.10. The number of nitrogen functional groups attached to an aromatic ring is 1. The Morgan fingerprint density at radius 3 is 2.68 bits per heavy atom. The van der Waals surface area contributed by atoms with E-state index in [0.717, 1.165) is 34.8 Å². The zero-order chi connectivity index (χ0) is 20.1. The summed E-state index contributed by atoms with van der Waals surface area (Å²) >= 11 is 0. The molecule has 2 aromatic heterocycles. The molecule has 0 spiro atoms. The molecule has 0 saturated carbocycles. The van der Waals surface area contributed by atoms with E-state index in [0.29, 0.717) is 5.82 Å². The number of phenolic OH excluding ortho intramolecular Hbond substituents is 1. The van der Waals surface area contributed by atoms with Crippen molar-refractivity contribution in [2.24, 2.45) is 0 Å². The van der Waals surface area contributed by atoms with Gasteiger partial charge in [0.25, 0.3) is 5.97 Å². The molecule has 0 unspecified atom stereocenters. The highest BCUT2D eigenvalue weighted by atomic mass is 16.4. The topological polar surface area (TPSA) is 150 Å². The number of phenols is 1. The van der Waals surface area contributed by atoms with E-state index >= 15 is 0 Å². The fraction of sp³-hybridized carbons (Fsp3) is 0.0526. The minimum atomic E-state index is -0.833. The summed E-state index contributed by atoms with van der Waals surface area (Å²) in [5, 5.41) is 28.6. The van der Waals surface area contributed by atoms with Gasteiger partial charge in [-0.2, -0.15) is 10.1 Å². The molecular weight excluding hydrogens is 360 g/mol. The SMILES string of the molecule is CC(=O)O.Nc1nccc(Nc2ccc3[nH]nc(-c4cccc(O)c4)c3c2)n1. The number of benzene rings is 2. The number of aliphatic carboxylic acids is 1. The van der Waals surface area contributed by atoms with E-state index in [9.17, 15) is 5.11 Å². The maximum Gasteiger partial charge on any atom is 0.300 e. The number of carboxylic acids is 1. The van der Waals surface area contributed by atoms with Crippen LogP contribution in [0.3, 0.4) is 0 Å². The lowest BCUT2D eigenvalue weighted by Gasteiger charge is -2.06. The summed E-state index contributed by atoms with van der Waals surface area (Å²) < 4.78 is 0. The van der Waals surface area contributed by atoms with E-state index in [4.69, 9.17) is 15.6 Å². The van der Waals surface area contributed by atoms with Crippen LogP contribution in [0.25, 0.3) is 22.2 Å². The third-order valence-corrected chi connectivity index (χ3v) is 3.63.